The van der Waals surface area contributed by atoms with Gasteiger partial charge in [0.25, 0.3) is 0 Å². The van der Waals surface area contributed by atoms with Crippen LogP contribution >= 0.6 is 0 Å². The van der Waals surface area contributed by atoms with Gasteiger partial charge in [-0.3, -0.25) is 0 Å². The Bertz CT molecular complexity index is 896. The summed E-state index contributed by atoms with van der Waals surface area (Å²) in [6, 6.07) is 24.5. The summed E-state index contributed by atoms with van der Waals surface area (Å²) >= 11 is 0. The Balaban J connectivity index is 0.00000144. The summed E-state index contributed by atoms with van der Waals surface area (Å²) in [6.45, 7) is 4.69. The molecule has 4 aromatic carbocycles. The molecule has 0 saturated carbocycles. The molecular weight excluding hydrogens is 293 g/mol. The minimum Gasteiger partial charge on any atom is -0.169 e. The Kier molecular flexibility index (Phi) is 4.26. The molecule has 0 aliphatic heterocycles. The molecule has 0 bridgehead atoms. The molecule has 0 saturated heterocycles. The topological polar surface area (TPSA) is 0 Å². The molecule has 0 aliphatic rings. The van der Waals surface area contributed by atoms with E-state index < -0.39 is 8.80 Å². The van der Waals surface area contributed by atoms with Crippen LogP contribution in [0.1, 0.15) is 5.56 Å². The van der Waals surface area contributed by atoms with Crippen LogP contribution in [0.2, 0.25) is 6.55 Å². The minimum absolute atomic E-state index is 0. The van der Waals surface area contributed by atoms with E-state index in [1.165, 1.54) is 32.3 Å². The van der Waals surface area contributed by atoms with E-state index >= 15 is 0 Å². The van der Waals surface area contributed by atoms with E-state index in [1.54, 1.807) is 5.19 Å². The van der Waals surface area contributed by atoms with Crippen LogP contribution in [0, 0.1) is 6.92 Å². The zero-order valence-electron chi connectivity index (χ0n) is 13.1. The van der Waals surface area contributed by atoms with Gasteiger partial charge < -0.3 is 0 Å². The van der Waals surface area contributed by atoms with E-state index in [4.69, 9.17) is 0 Å². The van der Waals surface area contributed by atoms with Crippen molar-refractivity contribution in [3.63, 3.8) is 0 Å². The summed E-state index contributed by atoms with van der Waals surface area (Å²) < 4.78 is 0. The molecule has 103 valence electrons. The molecule has 0 N–H and O–H groups in total. The van der Waals surface area contributed by atoms with Crippen molar-refractivity contribution >= 4 is 63.8 Å². The van der Waals surface area contributed by atoms with Gasteiger partial charge in [0.1, 0.15) is 0 Å². The van der Waals surface area contributed by atoms with Crippen molar-refractivity contribution in [3.8, 4) is 0 Å². The van der Waals surface area contributed by atoms with Gasteiger partial charge >= 0.3 is 23.1 Å². The molecule has 0 unspecified atom stereocenters. The molecule has 0 atom stereocenters. The normalized spacial score (nSPS) is 11.2. The average molecular weight is 310 g/mol. The van der Waals surface area contributed by atoms with Gasteiger partial charge in [-0.15, -0.1) is 74.6 Å². The summed E-state index contributed by atoms with van der Waals surface area (Å²) in [6.07, 6.45) is 0. The van der Waals surface area contributed by atoms with Gasteiger partial charge in [-0.05, 0) is 0 Å². The molecular formula is C20H17MgSi. The fourth-order valence-corrected chi connectivity index (χ4v) is 5.41. The van der Waals surface area contributed by atoms with Crippen LogP contribution in [0.15, 0.2) is 66.7 Å². The Morgan fingerprint density at radius 3 is 2.32 bits per heavy atom. The van der Waals surface area contributed by atoms with Crippen LogP contribution in [0.5, 0.6) is 0 Å². The van der Waals surface area contributed by atoms with E-state index in [0.717, 1.165) is 0 Å². The van der Waals surface area contributed by atoms with Gasteiger partial charge in [0.15, 0.2) is 0 Å². The van der Waals surface area contributed by atoms with Gasteiger partial charge in [0, 0.05) is 0 Å². The second-order valence-corrected chi connectivity index (χ2v) is 8.13. The van der Waals surface area contributed by atoms with Crippen LogP contribution in [0.3, 0.4) is 0 Å². The van der Waals surface area contributed by atoms with E-state index in [0.29, 0.717) is 0 Å². The third-order valence-corrected chi connectivity index (χ3v) is 7.01. The summed E-state index contributed by atoms with van der Waals surface area (Å²) in [7, 11) is -0.697. The predicted octanol–water partition coefficient (Wildman–Crippen LogP) is 3.60. The maximum absolute atomic E-state index is 2.42. The molecule has 0 fully saturated rings. The first kappa shape index (κ1) is 15.5. The monoisotopic (exact) mass is 309 g/mol. The quantitative estimate of drug-likeness (QED) is 0.392. The van der Waals surface area contributed by atoms with Crippen molar-refractivity contribution in [1.29, 1.82) is 0 Å². The Labute approximate surface area is 149 Å². The van der Waals surface area contributed by atoms with Crippen LogP contribution in [-0.2, 0) is 0 Å². The van der Waals surface area contributed by atoms with Crippen LogP contribution in [-0.4, -0.2) is 31.8 Å². The molecule has 0 nitrogen and oxygen atoms in total. The number of hydrogen-bond acceptors (Lipinski definition) is 0. The molecule has 4 aromatic rings. The molecule has 0 amide bonds. The molecule has 0 heterocycles. The van der Waals surface area contributed by atoms with Gasteiger partial charge in [-0.25, -0.2) is 0 Å². The third kappa shape index (κ3) is 2.45. The Morgan fingerprint density at radius 2 is 1.59 bits per heavy atom. The largest absolute Gasteiger partial charge is 2.00 e. The van der Waals surface area contributed by atoms with Crippen LogP contribution in [0.25, 0.3) is 21.5 Å². The smallest absolute Gasteiger partial charge is 0.169 e. The molecule has 0 aromatic heterocycles. The van der Waals surface area contributed by atoms with Crippen molar-refractivity contribution in [1.82, 2.24) is 0 Å². The number of hydrogen-bond donors (Lipinski definition) is 0. The van der Waals surface area contributed by atoms with Gasteiger partial charge in [-0.2, -0.15) is 17.5 Å². The van der Waals surface area contributed by atoms with Crippen molar-refractivity contribution in [2.45, 2.75) is 13.5 Å². The fourth-order valence-electron chi connectivity index (χ4n) is 3.29. The van der Waals surface area contributed by atoms with Gasteiger partial charge in [0.2, 0.25) is 0 Å². The molecule has 0 spiro atoms. The van der Waals surface area contributed by atoms with Crippen molar-refractivity contribution in [3.05, 3.63) is 72.3 Å². The molecule has 0 aliphatic carbocycles. The van der Waals surface area contributed by atoms with Crippen molar-refractivity contribution in [2.24, 2.45) is 0 Å². The predicted molar refractivity (Wildman–Crippen MR) is 100 cm³/mol. The summed E-state index contributed by atoms with van der Waals surface area (Å²) in [5.41, 5.74) is 1.47. The number of fused-ring (bicyclic) bond motifs is 2. The Hall–Kier alpha value is -1.36. The number of rotatable bonds is 2. The third-order valence-electron chi connectivity index (χ3n) is 4.52. The molecule has 1 radical (unpaired) electrons. The molecule has 2 heteroatoms. The van der Waals surface area contributed by atoms with Crippen molar-refractivity contribution in [2.75, 3.05) is 0 Å². The maximum atomic E-state index is 2.42. The van der Waals surface area contributed by atoms with Crippen LogP contribution < -0.4 is 10.4 Å². The van der Waals surface area contributed by atoms with Gasteiger partial charge in [-0.1, -0.05) is 25.6 Å². The van der Waals surface area contributed by atoms with Crippen LogP contribution in [0.4, 0.5) is 0 Å². The first-order valence-electron chi connectivity index (χ1n) is 7.39. The van der Waals surface area contributed by atoms with E-state index in [1.807, 2.05) is 0 Å². The second-order valence-electron chi connectivity index (χ2n) is 5.77. The average Bonchev–Trinajstić information content (AvgIpc) is 3.08. The first-order chi connectivity index (χ1) is 10.2. The summed E-state index contributed by atoms with van der Waals surface area (Å²) in [5, 5.41) is 8.59. The summed E-state index contributed by atoms with van der Waals surface area (Å²) in [4.78, 5) is 0. The second kappa shape index (κ2) is 6.03. The SMILES string of the molecule is C[c-]1c([Si](C)c2cc3ccccc3[cH-]2)cc2ccccc21.[Mg+2]. The summed E-state index contributed by atoms with van der Waals surface area (Å²) in [5.74, 6) is 0. The standard InChI is InChI=1S/C20H17Si.Mg/c1-14-19-10-6-5-9-17(19)13-20(14)21(2)18-11-15-7-3-4-8-16(15)12-18;/h3-13H,1-2H3;/q-2;+2. The zero-order chi connectivity index (χ0) is 14.4. The van der Waals surface area contributed by atoms with E-state index in [-0.39, 0.29) is 23.1 Å². The zero-order valence-corrected chi connectivity index (χ0v) is 15.5. The van der Waals surface area contributed by atoms with E-state index in [9.17, 15) is 0 Å². The maximum Gasteiger partial charge on any atom is 2.00 e. The number of aryl methyl sites for hydroxylation is 1. The number of benzene rings is 2. The molecule has 4 rings (SSSR count). The molecule has 22 heavy (non-hydrogen) atoms. The Morgan fingerprint density at radius 1 is 0.909 bits per heavy atom. The minimum atomic E-state index is -0.697. The van der Waals surface area contributed by atoms with Crippen molar-refractivity contribution < 1.29 is 0 Å². The van der Waals surface area contributed by atoms with E-state index in [2.05, 4.69) is 80.2 Å². The van der Waals surface area contributed by atoms with Gasteiger partial charge in [0.05, 0.1) is 8.80 Å². The fraction of sp³-hybridized carbons (Fsp3) is 0.100. The first-order valence-corrected chi connectivity index (χ1v) is 9.39.